The number of hydrogen-bond donors (Lipinski definition) is 3. The van der Waals surface area contributed by atoms with E-state index in [0.29, 0.717) is 5.56 Å². The van der Waals surface area contributed by atoms with E-state index >= 15 is 0 Å². The first-order valence-electron chi connectivity index (χ1n) is 6.37. The third kappa shape index (κ3) is 2.79. The van der Waals surface area contributed by atoms with E-state index in [1.54, 1.807) is 45.4 Å². The second-order valence-corrected chi connectivity index (χ2v) is 5.28. The number of H-pyrrole nitrogens is 1. The smallest absolute Gasteiger partial charge is 0.251 e. The molecule has 6 heteroatoms. The van der Waals surface area contributed by atoms with Crippen molar-refractivity contribution in [1.82, 2.24) is 20.6 Å². The molecule has 0 unspecified atom stereocenters. The Balaban J connectivity index is 2.06. The molecule has 3 N–H and O–H groups in total. The van der Waals surface area contributed by atoms with Crippen molar-refractivity contribution < 1.29 is 9.59 Å². The van der Waals surface area contributed by atoms with E-state index < -0.39 is 5.41 Å². The summed E-state index contributed by atoms with van der Waals surface area (Å²) in [5.41, 5.74) is 1.51. The van der Waals surface area contributed by atoms with Crippen LogP contribution in [-0.4, -0.2) is 35.4 Å². The molecule has 0 aliphatic heterocycles. The van der Waals surface area contributed by atoms with Gasteiger partial charge in [0.1, 0.15) is 0 Å². The molecule has 1 aromatic heterocycles. The quantitative estimate of drug-likeness (QED) is 0.779. The van der Waals surface area contributed by atoms with Crippen LogP contribution in [0.4, 0.5) is 0 Å². The van der Waals surface area contributed by atoms with Crippen LogP contribution in [0.3, 0.4) is 0 Å². The van der Waals surface area contributed by atoms with Crippen LogP contribution in [0.1, 0.15) is 24.2 Å². The number of benzene rings is 1. The van der Waals surface area contributed by atoms with E-state index in [4.69, 9.17) is 0 Å². The zero-order chi connectivity index (χ0) is 14.8. The molecule has 0 fully saturated rings. The second-order valence-electron chi connectivity index (χ2n) is 5.28. The van der Waals surface area contributed by atoms with Crippen LogP contribution >= 0.6 is 0 Å². The Labute approximate surface area is 117 Å². The van der Waals surface area contributed by atoms with Crippen LogP contribution < -0.4 is 10.6 Å². The molecule has 2 rings (SSSR count). The Morgan fingerprint density at radius 2 is 2.10 bits per heavy atom. The van der Waals surface area contributed by atoms with Crippen LogP contribution in [-0.2, 0) is 4.79 Å². The lowest BCUT2D eigenvalue weighted by atomic mass is 9.92. The van der Waals surface area contributed by atoms with E-state index in [1.165, 1.54) is 0 Å². The second kappa shape index (κ2) is 5.32. The number of hydrogen-bond acceptors (Lipinski definition) is 3. The average Bonchev–Trinajstić information content (AvgIpc) is 2.91. The lowest BCUT2D eigenvalue weighted by Crippen LogP contribution is -2.43. The summed E-state index contributed by atoms with van der Waals surface area (Å²) in [7, 11) is 1.58. The summed E-state index contributed by atoms with van der Waals surface area (Å²) >= 11 is 0. The van der Waals surface area contributed by atoms with Gasteiger partial charge in [-0.15, -0.1) is 0 Å². The normalized spacial score (nSPS) is 11.3. The van der Waals surface area contributed by atoms with Crippen LogP contribution in [0, 0.1) is 5.41 Å². The van der Waals surface area contributed by atoms with Crippen molar-refractivity contribution >= 4 is 22.8 Å². The molecule has 2 amide bonds. The van der Waals surface area contributed by atoms with Crippen molar-refractivity contribution in [2.75, 3.05) is 13.6 Å². The largest absolute Gasteiger partial charge is 0.359 e. The molecule has 106 valence electrons. The van der Waals surface area contributed by atoms with Crippen molar-refractivity contribution in [3.8, 4) is 0 Å². The van der Waals surface area contributed by atoms with E-state index in [2.05, 4.69) is 20.6 Å². The summed E-state index contributed by atoms with van der Waals surface area (Å²) in [6.45, 7) is 3.83. The van der Waals surface area contributed by atoms with Gasteiger partial charge in [0.15, 0.2) is 0 Å². The fourth-order valence-corrected chi connectivity index (χ4v) is 1.90. The van der Waals surface area contributed by atoms with E-state index in [0.717, 1.165) is 11.0 Å². The number of amides is 2. The molecule has 0 atom stereocenters. The van der Waals surface area contributed by atoms with Crippen LogP contribution in [0.2, 0.25) is 0 Å². The Morgan fingerprint density at radius 3 is 2.80 bits per heavy atom. The highest BCUT2D eigenvalue weighted by molar-refractivity contribution is 5.97. The lowest BCUT2D eigenvalue weighted by molar-refractivity contribution is -0.128. The van der Waals surface area contributed by atoms with Crippen molar-refractivity contribution in [2.24, 2.45) is 5.41 Å². The Hall–Kier alpha value is -2.37. The van der Waals surface area contributed by atoms with Gasteiger partial charge in [0.05, 0.1) is 22.8 Å². The summed E-state index contributed by atoms with van der Waals surface area (Å²) in [6.07, 6.45) is 1.58. The molecule has 0 saturated heterocycles. The van der Waals surface area contributed by atoms with Crippen molar-refractivity contribution in [1.29, 1.82) is 0 Å². The van der Waals surface area contributed by atoms with Crippen molar-refractivity contribution in [2.45, 2.75) is 13.8 Å². The number of carbonyl (C=O) groups is 2. The van der Waals surface area contributed by atoms with Gasteiger partial charge in [0.2, 0.25) is 5.91 Å². The van der Waals surface area contributed by atoms with E-state index in [9.17, 15) is 9.59 Å². The monoisotopic (exact) mass is 274 g/mol. The number of aromatic nitrogens is 2. The maximum absolute atomic E-state index is 12.1. The number of fused-ring (bicyclic) bond motifs is 1. The maximum atomic E-state index is 12.1. The summed E-state index contributed by atoms with van der Waals surface area (Å²) in [4.78, 5) is 30.8. The van der Waals surface area contributed by atoms with Gasteiger partial charge >= 0.3 is 0 Å². The molecule has 1 heterocycles. The molecule has 0 aliphatic rings. The molecule has 0 spiro atoms. The van der Waals surface area contributed by atoms with Gasteiger partial charge in [-0.25, -0.2) is 4.98 Å². The lowest BCUT2D eigenvalue weighted by Gasteiger charge is -2.22. The Bertz CT molecular complexity index is 645. The summed E-state index contributed by atoms with van der Waals surface area (Å²) in [6, 6.07) is 5.24. The van der Waals surface area contributed by atoms with Gasteiger partial charge in [-0.2, -0.15) is 0 Å². The SMILES string of the molecule is CNC(=O)C(C)(C)CNC(=O)c1ccc2nc[nH]c2c1. The minimum absolute atomic E-state index is 0.109. The van der Waals surface area contributed by atoms with Crippen molar-refractivity contribution in [3.63, 3.8) is 0 Å². The Kier molecular flexibility index (Phi) is 3.74. The zero-order valence-electron chi connectivity index (χ0n) is 11.8. The molecule has 0 aliphatic carbocycles. The number of imidazole rings is 1. The number of carbonyl (C=O) groups excluding carboxylic acids is 2. The fraction of sp³-hybridized carbons (Fsp3) is 0.357. The van der Waals surface area contributed by atoms with Crippen LogP contribution in [0.15, 0.2) is 24.5 Å². The van der Waals surface area contributed by atoms with Gasteiger partial charge in [0.25, 0.3) is 5.91 Å². The minimum Gasteiger partial charge on any atom is -0.359 e. The van der Waals surface area contributed by atoms with Gasteiger partial charge in [-0.05, 0) is 32.0 Å². The Morgan fingerprint density at radius 1 is 1.35 bits per heavy atom. The predicted molar refractivity (Wildman–Crippen MR) is 76.3 cm³/mol. The van der Waals surface area contributed by atoms with Gasteiger partial charge in [0, 0.05) is 19.2 Å². The minimum atomic E-state index is -0.650. The number of rotatable bonds is 4. The van der Waals surface area contributed by atoms with Crippen LogP contribution in [0.5, 0.6) is 0 Å². The topological polar surface area (TPSA) is 86.9 Å². The molecular weight excluding hydrogens is 256 g/mol. The molecular formula is C14H18N4O2. The van der Waals surface area contributed by atoms with Crippen molar-refractivity contribution in [3.05, 3.63) is 30.1 Å². The first-order valence-corrected chi connectivity index (χ1v) is 6.37. The molecule has 0 radical (unpaired) electrons. The summed E-state index contributed by atoms with van der Waals surface area (Å²) in [5.74, 6) is -0.319. The maximum Gasteiger partial charge on any atom is 0.251 e. The molecule has 0 saturated carbocycles. The first-order chi connectivity index (χ1) is 9.44. The highest BCUT2D eigenvalue weighted by atomic mass is 16.2. The molecule has 6 nitrogen and oxygen atoms in total. The van der Waals surface area contributed by atoms with Crippen LogP contribution in [0.25, 0.3) is 11.0 Å². The fourth-order valence-electron chi connectivity index (χ4n) is 1.90. The van der Waals surface area contributed by atoms with Gasteiger partial charge < -0.3 is 15.6 Å². The summed E-state index contributed by atoms with van der Waals surface area (Å²) in [5, 5.41) is 5.36. The number of nitrogens with one attached hydrogen (secondary N) is 3. The van der Waals surface area contributed by atoms with E-state index in [-0.39, 0.29) is 18.4 Å². The first kappa shape index (κ1) is 14.0. The standard InChI is InChI=1S/C14H18N4O2/c1-14(2,13(20)15-3)7-16-12(19)9-4-5-10-11(6-9)18-8-17-10/h4-6,8H,7H2,1-3H3,(H,15,20)(H,16,19)(H,17,18). The highest BCUT2D eigenvalue weighted by Crippen LogP contribution is 2.15. The third-order valence-corrected chi connectivity index (χ3v) is 3.22. The highest BCUT2D eigenvalue weighted by Gasteiger charge is 2.27. The van der Waals surface area contributed by atoms with E-state index in [1.807, 2.05) is 0 Å². The molecule has 0 bridgehead atoms. The third-order valence-electron chi connectivity index (χ3n) is 3.22. The zero-order valence-corrected chi connectivity index (χ0v) is 11.8. The van der Waals surface area contributed by atoms with Gasteiger partial charge in [-0.1, -0.05) is 0 Å². The summed E-state index contributed by atoms with van der Waals surface area (Å²) < 4.78 is 0. The number of aromatic amines is 1. The molecule has 2 aromatic rings. The number of nitrogens with zero attached hydrogens (tertiary/aromatic N) is 1. The molecule has 20 heavy (non-hydrogen) atoms. The predicted octanol–water partition coefficient (Wildman–Crippen LogP) is 1.06. The molecule has 1 aromatic carbocycles. The average molecular weight is 274 g/mol. The van der Waals surface area contributed by atoms with Gasteiger partial charge in [-0.3, -0.25) is 9.59 Å².